The summed E-state index contributed by atoms with van der Waals surface area (Å²) in [6, 6.07) is 25.7. The fourth-order valence-electron chi connectivity index (χ4n) is 3.24. The van der Waals surface area contributed by atoms with Crippen LogP contribution in [-0.2, 0) is 6.42 Å². The number of nitrogens with zero attached hydrogens (tertiary/aromatic N) is 2. The fraction of sp³-hybridized carbons (Fsp3) is 0.120. The molecule has 3 aromatic carbocycles. The molecule has 0 aliphatic rings. The van der Waals surface area contributed by atoms with Crippen LogP contribution in [0, 0.1) is 12.7 Å². The van der Waals surface area contributed by atoms with Gasteiger partial charge in [0, 0.05) is 12.1 Å². The number of aryl methyl sites for hydroxylation is 1. The van der Waals surface area contributed by atoms with Crippen LogP contribution < -0.4 is 5.32 Å². The maximum atomic E-state index is 13.3. The normalized spacial score (nSPS) is 10.7. The summed E-state index contributed by atoms with van der Waals surface area (Å²) < 4.78 is 14.9. The number of benzene rings is 3. The first-order chi connectivity index (χ1) is 14.6. The molecule has 4 rings (SSSR count). The molecule has 5 heteroatoms. The first kappa shape index (κ1) is 19.6. The minimum atomic E-state index is -0.310. The molecule has 1 amide bonds. The van der Waals surface area contributed by atoms with Crippen molar-refractivity contribution in [1.82, 2.24) is 15.1 Å². The molecule has 1 heterocycles. The zero-order valence-corrected chi connectivity index (χ0v) is 16.7. The third-order valence-electron chi connectivity index (χ3n) is 4.90. The summed E-state index contributed by atoms with van der Waals surface area (Å²) in [4.78, 5) is 13.0. The van der Waals surface area contributed by atoms with E-state index in [1.54, 1.807) is 22.9 Å². The number of carbonyl (C=O) groups is 1. The van der Waals surface area contributed by atoms with Crippen molar-refractivity contribution in [2.75, 3.05) is 6.54 Å². The zero-order chi connectivity index (χ0) is 20.9. The molecule has 0 atom stereocenters. The highest BCUT2D eigenvalue weighted by Gasteiger charge is 2.17. The van der Waals surface area contributed by atoms with Crippen LogP contribution in [-0.4, -0.2) is 22.2 Å². The highest BCUT2D eigenvalue weighted by molar-refractivity contribution is 5.94. The number of halogens is 1. The van der Waals surface area contributed by atoms with Crippen molar-refractivity contribution in [3.8, 4) is 16.9 Å². The summed E-state index contributed by atoms with van der Waals surface area (Å²) in [6.45, 7) is 2.53. The Labute approximate surface area is 175 Å². The lowest BCUT2D eigenvalue weighted by Crippen LogP contribution is -2.27. The molecule has 4 nitrogen and oxygen atoms in total. The van der Waals surface area contributed by atoms with Crippen LogP contribution in [0.1, 0.15) is 21.6 Å². The highest BCUT2D eigenvalue weighted by atomic mass is 19.1. The van der Waals surface area contributed by atoms with Gasteiger partial charge < -0.3 is 5.32 Å². The lowest BCUT2D eigenvalue weighted by Gasteiger charge is -2.09. The van der Waals surface area contributed by atoms with Crippen molar-refractivity contribution in [2.24, 2.45) is 0 Å². The van der Waals surface area contributed by atoms with Gasteiger partial charge in [0.1, 0.15) is 11.5 Å². The van der Waals surface area contributed by atoms with Gasteiger partial charge in [0.2, 0.25) is 0 Å². The van der Waals surface area contributed by atoms with E-state index in [0.29, 0.717) is 17.9 Å². The molecule has 30 heavy (non-hydrogen) atoms. The summed E-state index contributed by atoms with van der Waals surface area (Å²) in [6.07, 6.45) is 0.746. The quantitative estimate of drug-likeness (QED) is 0.498. The Kier molecular flexibility index (Phi) is 5.70. The Bertz CT molecular complexity index is 1130. The predicted octanol–water partition coefficient (Wildman–Crippen LogP) is 4.96. The molecule has 150 valence electrons. The van der Waals surface area contributed by atoms with Crippen LogP contribution in [0.4, 0.5) is 4.39 Å². The largest absolute Gasteiger partial charge is 0.350 e. The summed E-state index contributed by atoms with van der Waals surface area (Å²) >= 11 is 0. The van der Waals surface area contributed by atoms with Crippen LogP contribution in [0.5, 0.6) is 0 Å². The summed E-state index contributed by atoms with van der Waals surface area (Å²) in [5.41, 5.74) is 4.88. The second-order valence-corrected chi connectivity index (χ2v) is 7.16. The number of aromatic nitrogens is 2. The molecule has 0 aliphatic heterocycles. The Morgan fingerprint density at radius 3 is 2.37 bits per heavy atom. The molecule has 0 fully saturated rings. The lowest BCUT2D eigenvalue weighted by molar-refractivity contribution is 0.0946. The minimum Gasteiger partial charge on any atom is -0.350 e. The molecule has 0 aliphatic carbocycles. The van der Waals surface area contributed by atoms with Gasteiger partial charge in [-0.3, -0.25) is 4.79 Å². The van der Waals surface area contributed by atoms with E-state index < -0.39 is 0 Å². The molecule has 1 aromatic heterocycles. The Balaban J connectivity index is 1.61. The number of amides is 1. The maximum Gasteiger partial charge on any atom is 0.270 e. The van der Waals surface area contributed by atoms with E-state index in [1.165, 1.54) is 12.1 Å². The number of hydrogen-bond donors (Lipinski definition) is 1. The summed E-state index contributed by atoms with van der Waals surface area (Å²) in [5.74, 6) is -0.511. The number of rotatable bonds is 6. The van der Waals surface area contributed by atoms with Crippen molar-refractivity contribution in [2.45, 2.75) is 13.3 Å². The van der Waals surface area contributed by atoms with Crippen molar-refractivity contribution < 1.29 is 9.18 Å². The first-order valence-electron chi connectivity index (χ1n) is 9.85. The van der Waals surface area contributed by atoms with Gasteiger partial charge in [-0.2, -0.15) is 5.10 Å². The standard InChI is InChI=1S/C25H22FN3O/c1-18-7-13-22(14-8-18)29-24(17-23(28-29)20-9-11-21(26)12-10-20)25(30)27-16-15-19-5-3-2-4-6-19/h2-14,17H,15-16H2,1H3,(H,27,30). The van der Waals surface area contributed by atoms with E-state index in [1.807, 2.05) is 61.5 Å². The average Bonchev–Trinajstić information content (AvgIpc) is 3.21. The molecule has 0 saturated heterocycles. The Morgan fingerprint density at radius 1 is 0.967 bits per heavy atom. The van der Waals surface area contributed by atoms with Gasteiger partial charge >= 0.3 is 0 Å². The van der Waals surface area contributed by atoms with Gasteiger partial charge in [-0.25, -0.2) is 9.07 Å². The van der Waals surface area contributed by atoms with E-state index in [0.717, 1.165) is 28.8 Å². The molecule has 0 saturated carbocycles. The van der Waals surface area contributed by atoms with E-state index in [9.17, 15) is 9.18 Å². The van der Waals surface area contributed by atoms with Crippen molar-refractivity contribution in [1.29, 1.82) is 0 Å². The van der Waals surface area contributed by atoms with Crippen molar-refractivity contribution in [3.63, 3.8) is 0 Å². The molecule has 0 bridgehead atoms. The van der Waals surface area contributed by atoms with Gasteiger partial charge in [0.15, 0.2) is 0 Å². The Morgan fingerprint density at radius 2 is 1.67 bits per heavy atom. The van der Waals surface area contributed by atoms with Gasteiger partial charge in [-0.15, -0.1) is 0 Å². The highest BCUT2D eigenvalue weighted by Crippen LogP contribution is 2.22. The van der Waals surface area contributed by atoms with Gasteiger partial charge in [-0.05, 0) is 61.4 Å². The third kappa shape index (κ3) is 4.46. The van der Waals surface area contributed by atoms with E-state index in [4.69, 9.17) is 0 Å². The second kappa shape index (κ2) is 8.74. The second-order valence-electron chi connectivity index (χ2n) is 7.16. The average molecular weight is 399 g/mol. The molecule has 0 radical (unpaired) electrons. The minimum absolute atomic E-state index is 0.202. The lowest BCUT2D eigenvalue weighted by atomic mass is 10.1. The van der Waals surface area contributed by atoms with Crippen LogP contribution in [0.25, 0.3) is 16.9 Å². The van der Waals surface area contributed by atoms with Gasteiger partial charge in [-0.1, -0.05) is 48.0 Å². The summed E-state index contributed by atoms with van der Waals surface area (Å²) in [7, 11) is 0. The predicted molar refractivity (Wildman–Crippen MR) is 116 cm³/mol. The van der Waals surface area contributed by atoms with Gasteiger partial charge in [0.25, 0.3) is 5.91 Å². The number of hydrogen-bond acceptors (Lipinski definition) is 2. The smallest absolute Gasteiger partial charge is 0.270 e. The van der Waals surface area contributed by atoms with Crippen LogP contribution in [0.15, 0.2) is 84.9 Å². The topological polar surface area (TPSA) is 46.9 Å². The van der Waals surface area contributed by atoms with Crippen LogP contribution in [0.3, 0.4) is 0 Å². The van der Waals surface area contributed by atoms with E-state index in [2.05, 4.69) is 10.4 Å². The molecule has 0 spiro atoms. The first-order valence-corrected chi connectivity index (χ1v) is 9.85. The maximum absolute atomic E-state index is 13.3. The monoisotopic (exact) mass is 399 g/mol. The van der Waals surface area contributed by atoms with E-state index in [-0.39, 0.29) is 11.7 Å². The fourth-order valence-corrected chi connectivity index (χ4v) is 3.24. The molecule has 0 unspecified atom stereocenters. The number of carbonyl (C=O) groups excluding carboxylic acids is 1. The summed E-state index contributed by atoms with van der Waals surface area (Å²) in [5, 5.41) is 7.61. The van der Waals surface area contributed by atoms with Gasteiger partial charge in [0.05, 0.1) is 11.4 Å². The van der Waals surface area contributed by atoms with Crippen molar-refractivity contribution in [3.05, 3.63) is 108 Å². The number of nitrogens with one attached hydrogen (secondary N) is 1. The third-order valence-corrected chi connectivity index (χ3v) is 4.90. The van der Waals surface area contributed by atoms with Crippen LogP contribution in [0.2, 0.25) is 0 Å². The molecular formula is C25H22FN3O. The van der Waals surface area contributed by atoms with Crippen LogP contribution >= 0.6 is 0 Å². The van der Waals surface area contributed by atoms with Crippen molar-refractivity contribution >= 4 is 5.91 Å². The Hall–Kier alpha value is -3.73. The van der Waals surface area contributed by atoms with E-state index >= 15 is 0 Å². The molecule has 1 N–H and O–H groups in total. The molecular weight excluding hydrogens is 377 g/mol. The zero-order valence-electron chi connectivity index (χ0n) is 16.7. The molecule has 4 aromatic rings. The SMILES string of the molecule is Cc1ccc(-n2nc(-c3ccc(F)cc3)cc2C(=O)NCCc2ccccc2)cc1.